The second kappa shape index (κ2) is 9.97. The Hall–Kier alpha value is -2.49. The highest BCUT2D eigenvalue weighted by Crippen LogP contribution is 2.23. The minimum atomic E-state index is -3.53. The van der Waals surface area contributed by atoms with Crippen LogP contribution in [0.3, 0.4) is 0 Å². The van der Waals surface area contributed by atoms with Crippen LogP contribution in [0.4, 0.5) is 11.5 Å². The Balaban J connectivity index is 1.36. The molecule has 172 valence electrons. The molecule has 2 saturated heterocycles. The van der Waals surface area contributed by atoms with Crippen LogP contribution in [0.5, 0.6) is 0 Å². The van der Waals surface area contributed by atoms with E-state index in [1.54, 1.807) is 34.8 Å². The second-order valence-electron chi connectivity index (χ2n) is 8.37. The zero-order chi connectivity index (χ0) is 22.6. The van der Waals surface area contributed by atoms with E-state index in [1.165, 1.54) is 0 Å². The monoisotopic (exact) mass is 457 g/mol. The van der Waals surface area contributed by atoms with Crippen molar-refractivity contribution in [3.05, 3.63) is 48.7 Å². The first-order chi connectivity index (χ1) is 15.4. The number of nitrogens with zero attached hydrogens (tertiary/aromatic N) is 4. The van der Waals surface area contributed by atoms with E-state index in [1.807, 2.05) is 25.1 Å². The number of rotatable bonds is 6. The molecular formula is C23H31N5O3S. The lowest BCUT2D eigenvalue weighted by Crippen LogP contribution is -2.53. The standard InChI is InChI=1S/C23H31N5O3S/c1-19(26-14-16-27(17-15-26)22-10-3-4-11-24-22)23(29)25-20-8-7-9-21(18-20)32(30,31)28-12-5-2-6-13-28/h3-4,7-11,18-19H,2,5-6,12-17H2,1H3,(H,25,29)/t19-/m1/s1. The van der Waals surface area contributed by atoms with Gasteiger partial charge in [0.25, 0.3) is 0 Å². The summed E-state index contributed by atoms with van der Waals surface area (Å²) in [5.41, 5.74) is 0.507. The molecule has 0 bridgehead atoms. The molecule has 2 fully saturated rings. The summed E-state index contributed by atoms with van der Waals surface area (Å²) < 4.78 is 27.4. The summed E-state index contributed by atoms with van der Waals surface area (Å²) in [6.07, 6.45) is 4.63. The third kappa shape index (κ3) is 5.11. The zero-order valence-corrected chi connectivity index (χ0v) is 19.3. The Bertz CT molecular complexity index is 1020. The molecule has 0 aliphatic carbocycles. The van der Waals surface area contributed by atoms with Crippen LogP contribution in [0, 0.1) is 0 Å². The molecule has 1 atom stereocenters. The number of pyridine rings is 1. The van der Waals surface area contributed by atoms with Crippen LogP contribution in [-0.2, 0) is 14.8 Å². The summed E-state index contributed by atoms with van der Waals surface area (Å²) in [4.78, 5) is 21.9. The molecule has 1 N–H and O–H groups in total. The van der Waals surface area contributed by atoms with Crippen LogP contribution < -0.4 is 10.2 Å². The van der Waals surface area contributed by atoms with Crippen LogP contribution >= 0.6 is 0 Å². The van der Waals surface area contributed by atoms with E-state index in [4.69, 9.17) is 0 Å². The number of hydrogen-bond acceptors (Lipinski definition) is 6. The number of nitrogens with one attached hydrogen (secondary N) is 1. The van der Waals surface area contributed by atoms with E-state index in [-0.39, 0.29) is 16.8 Å². The lowest BCUT2D eigenvalue weighted by molar-refractivity contribution is -0.120. The summed E-state index contributed by atoms with van der Waals surface area (Å²) in [6, 6.07) is 12.1. The average molecular weight is 458 g/mol. The fraction of sp³-hybridized carbons (Fsp3) is 0.478. The second-order valence-corrected chi connectivity index (χ2v) is 10.3. The van der Waals surface area contributed by atoms with Crippen LogP contribution in [0.25, 0.3) is 0 Å². The van der Waals surface area contributed by atoms with Gasteiger partial charge in [0.1, 0.15) is 5.82 Å². The number of sulfonamides is 1. The fourth-order valence-corrected chi connectivity index (χ4v) is 5.84. The Labute approximate surface area is 190 Å². The molecule has 1 amide bonds. The van der Waals surface area contributed by atoms with Gasteiger partial charge in [-0.3, -0.25) is 9.69 Å². The first kappa shape index (κ1) is 22.7. The van der Waals surface area contributed by atoms with E-state index in [9.17, 15) is 13.2 Å². The van der Waals surface area contributed by atoms with Gasteiger partial charge >= 0.3 is 0 Å². The number of carbonyl (C=O) groups excluding carboxylic acids is 1. The van der Waals surface area contributed by atoms with Crippen LogP contribution in [-0.4, -0.2) is 73.8 Å². The Kier molecular flexibility index (Phi) is 7.07. The van der Waals surface area contributed by atoms with Gasteiger partial charge in [0.2, 0.25) is 15.9 Å². The number of piperazine rings is 1. The highest BCUT2D eigenvalue weighted by atomic mass is 32.2. The quantitative estimate of drug-likeness (QED) is 0.717. The molecule has 2 aromatic rings. The first-order valence-electron chi connectivity index (χ1n) is 11.3. The maximum Gasteiger partial charge on any atom is 0.243 e. The first-order valence-corrected chi connectivity index (χ1v) is 12.7. The van der Waals surface area contributed by atoms with E-state index in [0.29, 0.717) is 18.8 Å². The van der Waals surface area contributed by atoms with Gasteiger partial charge in [-0.2, -0.15) is 4.31 Å². The molecule has 2 aliphatic rings. The van der Waals surface area contributed by atoms with Gasteiger partial charge in [0.15, 0.2) is 0 Å². The molecule has 2 aliphatic heterocycles. The van der Waals surface area contributed by atoms with Crippen molar-refractivity contribution in [2.45, 2.75) is 37.1 Å². The minimum Gasteiger partial charge on any atom is -0.354 e. The van der Waals surface area contributed by atoms with Crippen molar-refractivity contribution >= 4 is 27.4 Å². The third-order valence-electron chi connectivity index (χ3n) is 6.27. The number of benzene rings is 1. The molecule has 1 aromatic carbocycles. The highest BCUT2D eigenvalue weighted by Gasteiger charge is 2.28. The fourth-order valence-electron chi connectivity index (χ4n) is 4.28. The molecular weight excluding hydrogens is 426 g/mol. The number of piperidine rings is 1. The highest BCUT2D eigenvalue weighted by molar-refractivity contribution is 7.89. The van der Waals surface area contributed by atoms with Crippen molar-refractivity contribution in [3.8, 4) is 0 Å². The van der Waals surface area contributed by atoms with Gasteiger partial charge in [-0.1, -0.05) is 18.6 Å². The van der Waals surface area contributed by atoms with Crippen LogP contribution in [0.15, 0.2) is 53.6 Å². The maximum absolute atomic E-state index is 12.9. The van der Waals surface area contributed by atoms with Gasteiger partial charge < -0.3 is 10.2 Å². The van der Waals surface area contributed by atoms with Crippen molar-refractivity contribution in [2.24, 2.45) is 0 Å². The number of anilines is 2. The van der Waals surface area contributed by atoms with E-state index >= 15 is 0 Å². The van der Waals surface area contributed by atoms with E-state index in [2.05, 4.69) is 20.1 Å². The Morgan fingerprint density at radius 2 is 1.72 bits per heavy atom. The number of amides is 1. The predicted octanol–water partition coefficient (Wildman–Crippen LogP) is 2.41. The molecule has 1 aromatic heterocycles. The van der Waals surface area contributed by atoms with E-state index in [0.717, 1.165) is 51.3 Å². The number of carbonyl (C=O) groups is 1. The molecule has 3 heterocycles. The molecule has 0 radical (unpaired) electrons. The topological polar surface area (TPSA) is 85.8 Å². The number of hydrogen-bond donors (Lipinski definition) is 1. The maximum atomic E-state index is 12.9. The average Bonchev–Trinajstić information content (AvgIpc) is 2.85. The smallest absolute Gasteiger partial charge is 0.243 e. The molecule has 8 nitrogen and oxygen atoms in total. The van der Waals surface area contributed by atoms with Crippen molar-refractivity contribution in [1.29, 1.82) is 0 Å². The van der Waals surface area contributed by atoms with Crippen LogP contribution in [0.1, 0.15) is 26.2 Å². The summed E-state index contributed by atoms with van der Waals surface area (Å²) in [7, 11) is -3.53. The zero-order valence-electron chi connectivity index (χ0n) is 18.5. The normalized spacial score (nSPS) is 19.5. The SMILES string of the molecule is C[C@H](C(=O)Nc1cccc(S(=O)(=O)N2CCCCC2)c1)N1CCN(c2ccccn2)CC1. The van der Waals surface area contributed by atoms with E-state index < -0.39 is 10.0 Å². The van der Waals surface area contributed by atoms with Crippen molar-refractivity contribution < 1.29 is 13.2 Å². The summed E-state index contributed by atoms with van der Waals surface area (Å²) in [5.74, 6) is 0.819. The largest absolute Gasteiger partial charge is 0.354 e. The predicted molar refractivity (Wildman–Crippen MR) is 125 cm³/mol. The molecule has 32 heavy (non-hydrogen) atoms. The molecule has 9 heteroatoms. The van der Waals surface area contributed by atoms with Crippen molar-refractivity contribution in [1.82, 2.24) is 14.2 Å². The molecule has 0 saturated carbocycles. The lowest BCUT2D eigenvalue weighted by Gasteiger charge is -2.37. The molecule has 4 rings (SSSR count). The van der Waals surface area contributed by atoms with Crippen molar-refractivity contribution in [3.63, 3.8) is 0 Å². The Morgan fingerprint density at radius 1 is 0.969 bits per heavy atom. The minimum absolute atomic E-state index is 0.135. The summed E-state index contributed by atoms with van der Waals surface area (Å²) >= 11 is 0. The van der Waals surface area contributed by atoms with Crippen LogP contribution in [0.2, 0.25) is 0 Å². The molecule has 0 spiro atoms. The van der Waals surface area contributed by atoms with Gasteiger partial charge in [-0.05, 0) is 50.1 Å². The van der Waals surface area contributed by atoms with Gasteiger partial charge in [0.05, 0.1) is 10.9 Å². The van der Waals surface area contributed by atoms with Gasteiger partial charge in [-0.25, -0.2) is 13.4 Å². The van der Waals surface area contributed by atoms with Crippen molar-refractivity contribution in [2.75, 3.05) is 49.5 Å². The lowest BCUT2D eigenvalue weighted by atomic mass is 10.2. The third-order valence-corrected chi connectivity index (χ3v) is 8.16. The Morgan fingerprint density at radius 3 is 2.41 bits per heavy atom. The molecule has 0 unspecified atom stereocenters. The van der Waals surface area contributed by atoms with Gasteiger partial charge in [-0.15, -0.1) is 0 Å². The summed E-state index contributed by atoms with van der Waals surface area (Å²) in [5, 5.41) is 2.91. The summed E-state index contributed by atoms with van der Waals surface area (Å²) in [6.45, 7) is 6.13. The van der Waals surface area contributed by atoms with Gasteiger partial charge in [0, 0.05) is 51.2 Å². The number of aromatic nitrogens is 1.